The van der Waals surface area contributed by atoms with Gasteiger partial charge in [0.25, 0.3) is 0 Å². The van der Waals surface area contributed by atoms with Crippen LogP contribution in [-0.4, -0.2) is 27.0 Å². The summed E-state index contributed by atoms with van der Waals surface area (Å²) in [6.45, 7) is 2.57. The zero-order chi connectivity index (χ0) is 13.2. The quantitative estimate of drug-likeness (QED) is 0.716. The second-order valence-electron chi connectivity index (χ2n) is 4.78. The van der Waals surface area contributed by atoms with Crippen molar-refractivity contribution in [3.63, 3.8) is 0 Å². The average molecular weight is 269 g/mol. The molecule has 0 amide bonds. The van der Waals surface area contributed by atoms with Crippen LogP contribution in [0, 0.1) is 0 Å². The minimum Gasteiger partial charge on any atom is -0.383 e. The fourth-order valence-corrected chi connectivity index (χ4v) is 2.82. The summed E-state index contributed by atoms with van der Waals surface area (Å²) in [5, 5.41) is 3.14. The minimum atomic E-state index is -3.35. The van der Waals surface area contributed by atoms with E-state index in [9.17, 15) is 8.42 Å². The van der Waals surface area contributed by atoms with Crippen molar-refractivity contribution in [1.82, 2.24) is 4.72 Å². The maximum absolute atomic E-state index is 11.9. The Labute approximate surface area is 108 Å². The van der Waals surface area contributed by atoms with Gasteiger partial charge in [-0.2, -0.15) is 0 Å². The molecule has 0 aliphatic heterocycles. The first-order chi connectivity index (χ1) is 8.47. The van der Waals surface area contributed by atoms with Crippen molar-refractivity contribution in [2.24, 2.45) is 5.73 Å². The highest BCUT2D eigenvalue weighted by Crippen LogP contribution is 2.22. The Balaban J connectivity index is 2.02. The van der Waals surface area contributed by atoms with Gasteiger partial charge in [-0.05, 0) is 44.0 Å². The third kappa shape index (κ3) is 3.69. The number of anilines is 1. The van der Waals surface area contributed by atoms with E-state index in [2.05, 4.69) is 10.0 Å². The first-order valence-electron chi connectivity index (χ1n) is 6.09. The summed E-state index contributed by atoms with van der Waals surface area (Å²) in [6.07, 6.45) is 1.88. The van der Waals surface area contributed by atoms with Crippen LogP contribution in [0.4, 0.5) is 5.69 Å². The van der Waals surface area contributed by atoms with Gasteiger partial charge in [0.2, 0.25) is 10.0 Å². The van der Waals surface area contributed by atoms with Gasteiger partial charge in [0, 0.05) is 24.3 Å². The fourth-order valence-electron chi connectivity index (χ4n) is 1.52. The van der Waals surface area contributed by atoms with E-state index in [0.717, 1.165) is 18.5 Å². The maximum atomic E-state index is 11.9. The van der Waals surface area contributed by atoms with E-state index in [-0.39, 0.29) is 12.1 Å². The molecule has 1 atom stereocenters. The Hall–Kier alpha value is -1.11. The molecule has 1 saturated carbocycles. The number of hydrogen-bond donors (Lipinski definition) is 3. The summed E-state index contributed by atoms with van der Waals surface area (Å²) >= 11 is 0. The molecule has 1 fully saturated rings. The highest BCUT2D eigenvalue weighted by Gasteiger charge is 2.27. The molecule has 4 N–H and O–H groups in total. The zero-order valence-corrected chi connectivity index (χ0v) is 11.2. The predicted molar refractivity (Wildman–Crippen MR) is 71.9 cm³/mol. The first-order valence-corrected chi connectivity index (χ1v) is 7.57. The van der Waals surface area contributed by atoms with E-state index in [0.29, 0.717) is 11.4 Å². The lowest BCUT2D eigenvalue weighted by Crippen LogP contribution is -2.26. The normalized spacial score (nSPS) is 17.4. The predicted octanol–water partition coefficient (Wildman–Crippen LogP) is 0.886. The smallest absolute Gasteiger partial charge is 0.240 e. The minimum absolute atomic E-state index is 0.0601. The number of nitrogens with one attached hydrogen (secondary N) is 2. The third-order valence-electron chi connectivity index (χ3n) is 2.69. The van der Waals surface area contributed by atoms with Crippen molar-refractivity contribution in [3.05, 3.63) is 24.3 Å². The molecular formula is C12H19N3O2S. The molecule has 0 radical (unpaired) electrons. The van der Waals surface area contributed by atoms with Gasteiger partial charge in [-0.15, -0.1) is 0 Å². The maximum Gasteiger partial charge on any atom is 0.240 e. The SMILES string of the molecule is CC(N)CNc1ccc(S(=O)(=O)NC2CC2)cc1. The van der Waals surface area contributed by atoms with Crippen molar-refractivity contribution in [1.29, 1.82) is 0 Å². The van der Waals surface area contributed by atoms with Crippen LogP contribution in [-0.2, 0) is 10.0 Å². The van der Waals surface area contributed by atoms with Gasteiger partial charge in [0.05, 0.1) is 4.90 Å². The van der Waals surface area contributed by atoms with Crippen LogP contribution in [0.2, 0.25) is 0 Å². The lowest BCUT2D eigenvalue weighted by Gasteiger charge is -2.10. The third-order valence-corrected chi connectivity index (χ3v) is 4.23. The van der Waals surface area contributed by atoms with E-state index in [1.54, 1.807) is 24.3 Å². The Bertz CT molecular complexity index is 493. The van der Waals surface area contributed by atoms with E-state index in [1.807, 2.05) is 6.92 Å². The van der Waals surface area contributed by atoms with Crippen molar-refractivity contribution in [2.75, 3.05) is 11.9 Å². The summed E-state index contributed by atoms with van der Waals surface area (Å²) < 4.78 is 26.5. The zero-order valence-electron chi connectivity index (χ0n) is 10.4. The monoisotopic (exact) mass is 269 g/mol. The number of sulfonamides is 1. The van der Waals surface area contributed by atoms with Gasteiger partial charge in [-0.1, -0.05) is 0 Å². The summed E-state index contributed by atoms with van der Waals surface area (Å²) in [7, 11) is -3.35. The molecule has 0 spiro atoms. The molecule has 1 aliphatic carbocycles. The van der Waals surface area contributed by atoms with Gasteiger partial charge >= 0.3 is 0 Å². The number of hydrogen-bond acceptors (Lipinski definition) is 4. The Morgan fingerprint density at radius 1 is 1.33 bits per heavy atom. The Morgan fingerprint density at radius 3 is 2.44 bits per heavy atom. The van der Waals surface area contributed by atoms with Crippen LogP contribution >= 0.6 is 0 Å². The summed E-state index contributed by atoms with van der Waals surface area (Å²) in [5.41, 5.74) is 6.51. The molecule has 6 heteroatoms. The van der Waals surface area contributed by atoms with E-state index < -0.39 is 10.0 Å². The molecule has 0 heterocycles. The fraction of sp³-hybridized carbons (Fsp3) is 0.500. The van der Waals surface area contributed by atoms with Crippen LogP contribution in [0.15, 0.2) is 29.2 Å². The molecule has 0 bridgehead atoms. The first kappa shape index (κ1) is 13.3. The molecule has 2 rings (SSSR count). The van der Waals surface area contributed by atoms with Crippen molar-refractivity contribution in [3.8, 4) is 0 Å². The molecule has 0 aromatic heterocycles. The molecule has 1 aliphatic rings. The Morgan fingerprint density at radius 2 is 1.94 bits per heavy atom. The van der Waals surface area contributed by atoms with Crippen LogP contribution in [0.3, 0.4) is 0 Å². The molecule has 100 valence electrons. The summed E-state index contributed by atoms with van der Waals surface area (Å²) in [6, 6.07) is 6.91. The van der Waals surface area contributed by atoms with Crippen molar-refractivity contribution >= 4 is 15.7 Å². The molecule has 1 unspecified atom stereocenters. The van der Waals surface area contributed by atoms with Crippen molar-refractivity contribution in [2.45, 2.75) is 36.7 Å². The van der Waals surface area contributed by atoms with Gasteiger partial charge in [0.15, 0.2) is 0 Å². The molecule has 0 saturated heterocycles. The summed E-state index contributed by atoms with van der Waals surface area (Å²) in [5.74, 6) is 0. The molecule has 18 heavy (non-hydrogen) atoms. The van der Waals surface area contributed by atoms with Gasteiger partial charge in [-0.25, -0.2) is 13.1 Å². The second kappa shape index (κ2) is 5.26. The largest absolute Gasteiger partial charge is 0.383 e. The highest BCUT2D eigenvalue weighted by molar-refractivity contribution is 7.89. The standard InChI is InChI=1S/C12H19N3O2S/c1-9(13)8-14-10-4-6-12(7-5-10)18(16,17)15-11-2-3-11/h4-7,9,11,14-15H,2-3,8,13H2,1H3. The number of nitrogens with two attached hydrogens (primary N) is 1. The highest BCUT2D eigenvalue weighted by atomic mass is 32.2. The molecule has 1 aromatic carbocycles. The Kier molecular flexibility index (Phi) is 3.89. The van der Waals surface area contributed by atoms with Crippen LogP contribution in [0.1, 0.15) is 19.8 Å². The summed E-state index contributed by atoms with van der Waals surface area (Å²) in [4.78, 5) is 0.306. The lowest BCUT2D eigenvalue weighted by molar-refractivity contribution is 0.581. The van der Waals surface area contributed by atoms with Crippen LogP contribution in [0.5, 0.6) is 0 Å². The van der Waals surface area contributed by atoms with Crippen molar-refractivity contribution < 1.29 is 8.42 Å². The van der Waals surface area contributed by atoms with Crippen LogP contribution < -0.4 is 15.8 Å². The van der Waals surface area contributed by atoms with E-state index in [4.69, 9.17) is 5.73 Å². The van der Waals surface area contributed by atoms with Gasteiger partial charge in [0.1, 0.15) is 0 Å². The van der Waals surface area contributed by atoms with Gasteiger partial charge < -0.3 is 11.1 Å². The number of benzene rings is 1. The van der Waals surface area contributed by atoms with Crippen LogP contribution in [0.25, 0.3) is 0 Å². The van der Waals surface area contributed by atoms with Gasteiger partial charge in [-0.3, -0.25) is 0 Å². The second-order valence-corrected chi connectivity index (χ2v) is 6.49. The molecule has 1 aromatic rings. The average Bonchev–Trinajstić information content (AvgIpc) is 3.10. The lowest BCUT2D eigenvalue weighted by atomic mass is 10.3. The topological polar surface area (TPSA) is 84.2 Å². The number of rotatable bonds is 6. The molecular weight excluding hydrogens is 250 g/mol. The van der Waals surface area contributed by atoms with E-state index in [1.165, 1.54) is 0 Å². The molecule has 5 nitrogen and oxygen atoms in total. The van der Waals surface area contributed by atoms with E-state index >= 15 is 0 Å².